The van der Waals surface area contributed by atoms with Crippen LogP contribution in [-0.2, 0) is 14.8 Å². The molecular formula is C10H13ClN2O4S. The molecule has 8 heteroatoms. The molecule has 0 bridgehead atoms. The Balaban J connectivity index is 3.05. The van der Waals surface area contributed by atoms with E-state index in [1.54, 1.807) is 0 Å². The van der Waals surface area contributed by atoms with E-state index in [0.29, 0.717) is 0 Å². The highest BCUT2D eigenvalue weighted by atomic mass is 35.5. The summed E-state index contributed by atoms with van der Waals surface area (Å²) < 4.78 is 31.1. The van der Waals surface area contributed by atoms with E-state index in [4.69, 9.17) is 11.6 Å². The minimum Gasteiger partial charge on any atom is -0.575 e. The van der Waals surface area contributed by atoms with Crippen LogP contribution >= 0.6 is 11.6 Å². The predicted octanol–water partition coefficient (Wildman–Crippen LogP) is 0.704. The average molecular weight is 293 g/mol. The molecule has 1 aromatic rings. The second-order valence-corrected chi connectivity index (χ2v) is 5.55. The number of hydrogen-bond donors (Lipinski definition) is 1. The largest absolute Gasteiger partial charge is 0.575 e. The molecule has 100 valence electrons. The molecule has 0 aliphatic heterocycles. The van der Waals surface area contributed by atoms with Gasteiger partial charge in [0.2, 0.25) is 0 Å². The molecule has 1 aromatic carbocycles. The Morgan fingerprint density at radius 3 is 2.72 bits per heavy atom. The molecule has 0 saturated heterocycles. The van der Waals surface area contributed by atoms with Crippen LogP contribution in [0.3, 0.4) is 0 Å². The number of hydrogen-bond acceptors (Lipinski definition) is 4. The van der Waals surface area contributed by atoms with Gasteiger partial charge in [-0.3, -0.25) is 0 Å². The fourth-order valence-electron chi connectivity index (χ4n) is 1.21. The van der Waals surface area contributed by atoms with Crippen LogP contribution in [0.4, 0.5) is 5.69 Å². The number of carbonyl (C=O) groups excluding carboxylic acids is 1. The molecule has 0 heterocycles. The second-order valence-electron chi connectivity index (χ2n) is 3.39. The van der Waals surface area contributed by atoms with Crippen molar-refractivity contribution in [2.75, 3.05) is 19.4 Å². The number of benzene rings is 1. The van der Waals surface area contributed by atoms with Gasteiger partial charge in [-0.25, -0.2) is 13.2 Å². The fraction of sp³-hybridized carbons (Fsp3) is 0.300. The summed E-state index contributed by atoms with van der Waals surface area (Å²) >= 11 is 5.82. The molecule has 0 spiro atoms. The molecule has 0 saturated carbocycles. The number of sulfonamides is 1. The summed E-state index contributed by atoms with van der Waals surface area (Å²) in [5.74, 6) is -0.760. The average Bonchev–Trinajstić information content (AvgIpc) is 2.30. The van der Waals surface area contributed by atoms with Gasteiger partial charge in [-0.2, -0.15) is 0 Å². The Morgan fingerprint density at radius 1 is 1.50 bits per heavy atom. The third-order valence-electron chi connectivity index (χ3n) is 2.01. The summed E-state index contributed by atoms with van der Waals surface area (Å²) in [5.41, 5.74) is 3.65. The van der Waals surface area contributed by atoms with Crippen LogP contribution in [-0.4, -0.2) is 33.8 Å². The number of quaternary nitrogens is 1. The summed E-state index contributed by atoms with van der Waals surface area (Å²) in [7, 11) is -2.40. The van der Waals surface area contributed by atoms with Crippen LogP contribution < -0.4 is 5.73 Å². The summed E-state index contributed by atoms with van der Waals surface area (Å²) in [6.07, 6.45) is 0. The summed E-state index contributed by atoms with van der Waals surface area (Å²) in [4.78, 5) is 11.3. The Morgan fingerprint density at radius 2 is 2.17 bits per heavy atom. The number of rotatable bonds is 5. The van der Waals surface area contributed by atoms with E-state index < -0.39 is 16.0 Å². The Bertz CT molecular complexity index is 545. The van der Waals surface area contributed by atoms with E-state index in [9.17, 15) is 13.2 Å². The number of esters is 1. The lowest BCUT2D eigenvalue weighted by Crippen LogP contribution is -2.52. The lowest BCUT2D eigenvalue weighted by atomic mass is 10.2. The first-order chi connectivity index (χ1) is 8.39. The molecule has 0 fully saturated rings. The number of nitrogens with zero attached hydrogens (tertiary/aromatic N) is 1. The topological polar surface area (TPSA) is 102 Å². The van der Waals surface area contributed by atoms with Gasteiger partial charge in [-0.1, -0.05) is 17.7 Å². The molecule has 1 rings (SSSR count). The zero-order valence-electron chi connectivity index (χ0n) is 9.72. The Hall–Kier alpha value is -1.31. The van der Waals surface area contributed by atoms with Crippen LogP contribution in [0.1, 0.15) is 10.4 Å². The molecule has 0 atom stereocenters. The summed E-state index contributed by atoms with van der Waals surface area (Å²) in [5, 5.41) is 0.148. The standard InChI is InChI=1S/C10H12ClN2O4S/c1-17-10(14)7-2-3-8(11)9(6-7)13-18(15,16)5-4-12/h2-3,6H,4-5,12H2,1H3/q-1/p+1. The first kappa shape index (κ1) is 14.7. The van der Waals surface area contributed by atoms with Crippen molar-refractivity contribution in [3.63, 3.8) is 0 Å². The highest BCUT2D eigenvalue weighted by Crippen LogP contribution is 2.32. The van der Waals surface area contributed by atoms with Crippen molar-refractivity contribution in [2.45, 2.75) is 0 Å². The Kier molecular flexibility index (Phi) is 4.94. The SMILES string of the molecule is COC(=O)c1ccc(Cl)c([N-]S(=O)(=O)CC[NH3+])c1. The van der Waals surface area contributed by atoms with Crippen molar-refractivity contribution in [1.82, 2.24) is 0 Å². The van der Waals surface area contributed by atoms with Gasteiger partial charge in [0.15, 0.2) is 0 Å². The van der Waals surface area contributed by atoms with Gasteiger partial charge < -0.3 is 15.2 Å². The molecule has 0 aliphatic carbocycles. The van der Waals surface area contributed by atoms with Crippen molar-refractivity contribution >= 4 is 33.3 Å². The van der Waals surface area contributed by atoms with E-state index in [2.05, 4.69) is 15.2 Å². The normalized spacial score (nSPS) is 11.1. The molecule has 0 unspecified atom stereocenters. The number of carbonyl (C=O) groups is 1. The number of halogens is 1. The minimum atomic E-state index is -3.63. The first-order valence-corrected chi connectivity index (χ1v) is 7.01. The molecule has 0 aliphatic rings. The molecule has 3 N–H and O–H groups in total. The van der Waals surface area contributed by atoms with Crippen molar-refractivity contribution in [3.05, 3.63) is 33.5 Å². The fourth-order valence-corrected chi connectivity index (χ4v) is 2.32. The van der Waals surface area contributed by atoms with Gasteiger partial charge in [0.1, 0.15) is 0 Å². The highest BCUT2D eigenvalue weighted by Gasteiger charge is 2.07. The lowest BCUT2D eigenvalue weighted by molar-refractivity contribution is -0.360. The molecule has 0 amide bonds. The highest BCUT2D eigenvalue weighted by molar-refractivity contribution is 7.94. The predicted molar refractivity (Wildman–Crippen MR) is 67.4 cm³/mol. The maximum Gasteiger partial charge on any atom is 0.337 e. The monoisotopic (exact) mass is 292 g/mol. The second kappa shape index (κ2) is 6.03. The molecule has 18 heavy (non-hydrogen) atoms. The summed E-state index contributed by atoms with van der Waals surface area (Å²) in [6, 6.07) is 4.10. The molecule has 0 aromatic heterocycles. The van der Waals surface area contributed by atoms with Crippen molar-refractivity contribution in [2.24, 2.45) is 0 Å². The van der Waals surface area contributed by atoms with Crippen LogP contribution in [0, 0.1) is 0 Å². The molecule has 6 nitrogen and oxygen atoms in total. The molecular weight excluding hydrogens is 280 g/mol. The van der Waals surface area contributed by atoms with Gasteiger partial charge in [0.05, 0.1) is 35.0 Å². The first-order valence-electron chi connectivity index (χ1n) is 5.02. The van der Waals surface area contributed by atoms with E-state index in [0.717, 1.165) is 0 Å². The summed E-state index contributed by atoms with van der Waals surface area (Å²) in [6.45, 7) is 0.208. The zero-order valence-corrected chi connectivity index (χ0v) is 11.3. The van der Waals surface area contributed by atoms with Crippen LogP contribution in [0.15, 0.2) is 18.2 Å². The quantitative estimate of drug-likeness (QED) is 0.807. The van der Waals surface area contributed by atoms with Gasteiger partial charge in [-0.15, -0.1) is 5.69 Å². The van der Waals surface area contributed by atoms with Crippen LogP contribution in [0.5, 0.6) is 0 Å². The number of methoxy groups -OCH3 is 1. The van der Waals surface area contributed by atoms with E-state index >= 15 is 0 Å². The van der Waals surface area contributed by atoms with Crippen LogP contribution in [0.2, 0.25) is 5.02 Å². The number of ether oxygens (including phenoxy) is 1. The van der Waals surface area contributed by atoms with E-state index in [1.807, 2.05) is 0 Å². The molecule has 0 radical (unpaired) electrons. The third kappa shape index (κ3) is 3.86. The van der Waals surface area contributed by atoms with Crippen molar-refractivity contribution in [1.29, 1.82) is 0 Å². The van der Waals surface area contributed by atoms with Crippen molar-refractivity contribution in [3.8, 4) is 0 Å². The van der Waals surface area contributed by atoms with E-state index in [-0.39, 0.29) is 28.6 Å². The van der Waals surface area contributed by atoms with Gasteiger partial charge in [0, 0.05) is 5.02 Å². The van der Waals surface area contributed by atoms with E-state index in [1.165, 1.54) is 25.3 Å². The van der Waals surface area contributed by atoms with Crippen LogP contribution in [0.25, 0.3) is 4.72 Å². The van der Waals surface area contributed by atoms with Gasteiger partial charge >= 0.3 is 5.97 Å². The van der Waals surface area contributed by atoms with Crippen molar-refractivity contribution < 1.29 is 23.7 Å². The van der Waals surface area contributed by atoms with Gasteiger partial charge in [0.25, 0.3) is 0 Å². The maximum absolute atomic E-state index is 11.5. The van der Waals surface area contributed by atoms with Gasteiger partial charge in [-0.05, 0) is 12.1 Å². The zero-order chi connectivity index (χ0) is 13.8. The Labute approximate surface area is 110 Å². The lowest BCUT2D eigenvalue weighted by Gasteiger charge is -2.22. The minimum absolute atomic E-state index is 0.0213. The maximum atomic E-state index is 11.5. The third-order valence-corrected chi connectivity index (χ3v) is 3.61. The smallest absolute Gasteiger partial charge is 0.337 e.